The van der Waals surface area contributed by atoms with E-state index in [0.717, 1.165) is 12.2 Å². The fourth-order valence-electron chi connectivity index (χ4n) is 4.30. The molecule has 0 unspecified atom stereocenters. The second-order valence-electron chi connectivity index (χ2n) is 7.36. The molecule has 0 bridgehead atoms. The molecule has 3 aromatic rings. The predicted molar refractivity (Wildman–Crippen MR) is 113 cm³/mol. The average Bonchev–Trinajstić information content (AvgIpc) is 3.06. The van der Waals surface area contributed by atoms with Gasteiger partial charge in [-0.05, 0) is 62.1 Å². The monoisotopic (exact) mass is 380 g/mol. The zero-order chi connectivity index (χ0) is 18.8. The van der Waals surface area contributed by atoms with Crippen molar-refractivity contribution in [2.45, 2.75) is 51.5 Å². The molecule has 27 heavy (non-hydrogen) atoms. The Hall–Kier alpha value is -2.26. The standard InChI is InChI=1S/C23H25ClN2O/c1-2-26-21-13-12-18(25-23(27)19-10-6-7-11-20(19)24)14-17(21)15-22(26)16-8-4-3-5-9-16/h6-7,10-16H,2-5,8-9H2,1H3,(H,25,27). The van der Waals surface area contributed by atoms with Gasteiger partial charge in [0.2, 0.25) is 0 Å². The summed E-state index contributed by atoms with van der Waals surface area (Å²) in [7, 11) is 0. The number of nitrogens with one attached hydrogen (secondary N) is 1. The second-order valence-corrected chi connectivity index (χ2v) is 7.76. The molecule has 140 valence electrons. The quantitative estimate of drug-likeness (QED) is 0.542. The highest BCUT2D eigenvalue weighted by atomic mass is 35.5. The molecule has 2 aromatic carbocycles. The van der Waals surface area contributed by atoms with Crippen LogP contribution in [0.1, 0.15) is 61.0 Å². The molecule has 4 heteroatoms. The maximum atomic E-state index is 12.5. The number of benzene rings is 2. The molecule has 1 amide bonds. The number of hydrogen-bond donors (Lipinski definition) is 1. The van der Waals surface area contributed by atoms with E-state index in [1.165, 1.54) is 48.7 Å². The van der Waals surface area contributed by atoms with Crippen LogP contribution >= 0.6 is 11.6 Å². The molecule has 1 fully saturated rings. The largest absolute Gasteiger partial charge is 0.345 e. The van der Waals surface area contributed by atoms with Gasteiger partial charge in [0.05, 0.1) is 10.6 Å². The van der Waals surface area contributed by atoms with Gasteiger partial charge in [-0.15, -0.1) is 0 Å². The smallest absolute Gasteiger partial charge is 0.257 e. The molecule has 1 aliphatic carbocycles. The zero-order valence-electron chi connectivity index (χ0n) is 15.7. The molecule has 0 saturated heterocycles. The molecule has 1 saturated carbocycles. The van der Waals surface area contributed by atoms with Crippen molar-refractivity contribution in [3.05, 3.63) is 64.8 Å². The van der Waals surface area contributed by atoms with E-state index in [2.05, 4.69) is 35.0 Å². The van der Waals surface area contributed by atoms with Crippen molar-refractivity contribution in [3.63, 3.8) is 0 Å². The van der Waals surface area contributed by atoms with E-state index in [9.17, 15) is 4.79 Å². The van der Waals surface area contributed by atoms with Crippen LogP contribution in [0.4, 0.5) is 5.69 Å². The fraction of sp³-hybridized carbons (Fsp3) is 0.348. The third-order valence-corrected chi connectivity index (χ3v) is 5.98. The number of amides is 1. The number of anilines is 1. The van der Waals surface area contributed by atoms with Gasteiger partial charge in [-0.25, -0.2) is 0 Å². The maximum Gasteiger partial charge on any atom is 0.257 e. The van der Waals surface area contributed by atoms with Crippen LogP contribution < -0.4 is 5.32 Å². The minimum Gasteiger partial charge on any atom is -0.345 e. The number of carbonyl (C=O) groups is 1. The molecular weight excluding hydrogens is 356 g/mol. The van der Waals surface area contributed by atoms with Crippen LogP contribution in [0.2, 0.25) is 5.02 Å². The first-order chi connectivity index (χ1) is 13.2. The van der Waals surface area contributed by atoms with Gasteiger partial charge in [0, 0.05) is 28.8 Å². The normalized spacial score (nSPS) is 15.2. The highest BCUT2D eigenvalue weighted by molar-refractivity contribution is 6.34. The molecule has 1 aromatic heterocycles. The Bertz CT molecular complexity index is 970. The summed E-state index contributed by atoms with van der Waals surface area (Å²) < 4.78 is 2.44. The molecule has 0 aliphatic heterocycles. The van der Waals surface area contributed by atoms with Crippen LogP contribution in [0.25, 0.3) is 10.9 Å². The molecule has 1 N–H and O–H groups in total. The Morgan fingerprint density at radius 1 is 1.11 bits per heavy atom. The highest BCUT2D eigenvalue weighted by Crippen LogP contribution is 2.36. The van der Waals surface area contributed by atoms with Gasteiger partial charge in [0.1, 0.15) is 0 Å². The summed E-state index contributed by atoms with van der Waals surface area (Å²) in [6.07, 6.45) is 6.59. The number of aromatic nitrogens is 1. The van der Waals surface area contributed by atoms with Crippen molar-refractivity contribution in [3.8, 4) is 0 Å². The van der Waals surface area contributed by atoms with Crippen LogP contribution in [0.15, 0.2) is 48.5 Å². The van der Waals surface area contributed by atoms with E-state index in [0.29, 0.717) is 16.5 Å². The number of nitrogens with zero attached hydrogens (tertiary/aromatic N) is 1. The molecule has 0 spiro atoms. The highest BCUT2D eigenvalue weighted by Gasteiger charge is 2.20. The Morgan fingerprint density at radius 2 is 1.89 bits per heavy atom. The Morgan fingerprint density at radius 3 is 2.63 bits per heavy atom. The van der Waals surface area contributed by atoms with Crippen LogP contribution in [-0.2, 0) is 6.54 Å². The zero-order valence-corrected chi connectivity index (χ0v) is 16.4. The Kier molecular flexibility index (Phi) is 5.22. The third kappa shape index (κ3) is 3.61. The average molecular weight is 381 g/mol. The molecule has 4 rings (SSSR count). The third-order valence-electron chi connectivity index (χ3n) is 5.65. The summed E-state index contributed by atoms with van der Waals surface area (Å²) in [4.78, 5) is 12.5. The Balaban J connectivity index is 1.64. The van der Waals surface area contributed by atoms with Crippen molar-refractivity contribution in [2.75, 3.05) is 5.32 Å². The van der Waals surface area contributed by atoms with Gasteiger partial charge in [-0.2, -0.15) is 0 Å². The van der Waals surface area contributed by atoms with Crippen molar-refractivity contribution >= 4 is 34.1 Å². The first kappa shape index (κ1) is 18.1. The number of carbonyl (C=O) groups excluding carboxylic acids is 1. The Labute approximate surface area is 165 Å². The van der Waals surface area contributed by atoms with Gasteiger partial charge in [0.25, 0.3) is 5.91 Å². The maximum absolute atomic E-state index is 12.5. The van der Waals surface area contributed by atoms with Crippen molar-refractivity contribution < 1.29 is 4.79 Å². The molecule has 1 heterocycles. The summed E-state index contributed by atoms with van der Waals surface area (Å²) in [5, 5.41) is 4.64. The fourth-order valence-corrected chi connectivity index (χ4v) is 4.52. The first-order valence-electron chi connectivity index (χ1n) is 9.86. The van der Waals surface area contributed by atoms with Crippen LogP contribution in [0.3, 0.4) is 0 Å². The summed E-state index contributed by atoms with van der Waals surface area (Å²) in [6.45, 7) is 3.18. The van der Waals surface area contributed by atoms with Gasteiger partial charge in [0.15, 0.2) is 0 Å². The van der Waals surface area contributed by atoms with Crippen LogP contribution in [0, 0.1) is 0 Å². The van der Waals surface area contributed by atoms with Crippen LogP contribution in [0.5, 0.6) is 0 Å². The molecule has 1 aliphatic rings. The number of halogens is 1. The van der Waals surface area contributed by atoms with Crippen molar-refractivity contribution in [1.29, 1.82) is 0 Å². The number of hydrogen-bond acceptors (Lipinski definition) is 1. The van der Waals surface area contributed by atoms with Gasteiger partial charge < -0.3 is 9.88 Å². The van der Waals surface area contributed by atoms with Gasteiger partial charge in [-0.1, -0.05) is 43.0 Å². The molecular formula is C23H25ClN2O. The number of aryl methyl sites for hydroxylation is 1. The van der Waals surface area contributed by atoms with Gasteiger partial charge >= 0.3 is 0 Å². The summed E-state index contributed by atoms with van der Waals surface area (Å²) >= 11 is 6.15. The lowest BCUT2D eigenvalue weighted by Crippen LogP contribution is -2.12. The van der Waals surface area contributed by atoms with Crippen LogP contribution in [-0.4, -0.2) is 10.5 Å². The predicted octanol–water partition coefficient (Wildman–Crippen LogP) is 6.61. The van der Waals surface area contributed by atoms with E-state index >= 15 is 0 Å². The van der Waals surface area contributed by atoms with E-state index in [1.54, 1.807) is 12.1 Å². The summed E-state index contributed by atoms with van der Waals surface area (Å²) in [5.41, 5.74) is 3.99. The van der Waals surface area contributed by atoms with E-state index in [1.807, 2.05) is 18.2 Å². The van der Waals surface area contributed by atoms with E-state index < -0.39 is 0 Å². The van der Waals surface area contributed by atoms with Gasteiger partial charge in [-0.3, -0.25) is 4.79 Å². The molecule has 3 nitrogen and oxygen atoms in total. The summed E-state index contributed by atoms with van der Waals surface area (Å²) in [6, 6.07) is 15.6. The minimum atomic E-state index is -0.178. The lowest BCUT2D eigenvalue weighted by Gasteiger charge is -2.23. The lowest BCUT2D eigenvalue weighted by molar-refractivity contribution is 0.102. The topological polar surface area (TPSA) is 34.0 Å². The molecule has 0 atom stereocenters. The SMILES string of the molecule is CCn1c(C2CCCCC2)cc2cc(NC(=O)c3ccccc3Cl)ccc21. The summed E-state index contributed by atoms with van der Waals surface area (Å²) in [5.74, 6) is 0.481. The lowest BCUT2D eigenvalue weighted by atomic mass is 9.87. The van der Waals surface area contributed by atoms with E-state index in [-0.39, 0.29) is 5.91 Å². The van der Waals surface area contributed by atoms with Crippen molar-refractivity contribution in [2.24, 2.45) is 0 Å². The number of fused-ring (bicyclic) bond motifs is 1. The van der Waals surface area contributed by atoms with E-state index in [4.69, 9.17) is 11.6 Å². The van der Waals surface area contributed by atoms with Crippen molar-refractivity contribution in [1.82, 2.24) is 4.57 Å². The second kappa shape index (κ2) is 7.77. The molecule has 0 radical (unpaired) electrons. The first-order valence-corrected chi connectivity index (χ1v) is 10.2. The minimum absolute atomic E-state index is 0.178. The number of rotatable bonds is 4.